The van der Waals surface area contributed by atoms with Gasteiger partial charge in [-0.1, -0.05) is 0 Å². The summed E-state index contributed by atoms with van der Waals surface area (Å²) in [5, 5.41) is 3.36. The minimum atomic E-state index is 0.575. The molecular formula is C11H12N2O. The summed E-state index contributed by atoms with van der Waals surface area (Å²) >= 11 is 0. The number of hydrogen-bond acceptors (Lipinski definition) is 3. The number of aromatic nitrogens is 1. The Balaban J connectivity index is 2.11. The largest absolute Gasteiger partial charge is 0.462 e. The summed E-state index contributed by atoms with van der Waals surface area (Å²) in [5.41, 5.74) is 3.18. The molecule has 1 unspecified atom stereocenters. The molecule has 0 aromatic carbocycles. The van der Waals surface area contributed by atoms with E-state index < -0.39 is 0 Å². The third-order valence-electron chi connectivity index (χ3n) is 2.86. The highest BCUT2D eigenvalue weighted by Crippen LogP contribution is 2.29. The third kappa shape index (κ3) is 1.13. The highest BCUT2D eigenvalue weighted by Gasteiger charge is 2.21. The quantitative estimate of drug-likeness (QED) is 0.742. The van der Waals surface area contributed by atoms with Crippen molar-refractivity contribution in [1.82, 2.24) is 10.3 Å². The van der Waals surface area contributed by atoms with E-state index in [0.717, 1.165) is 24.2 Å². The fourth-order valence-electron chi connectivity index (χ4n) is 2.09. The molecule has 3 rings (SSSR count). The van der Waals surface area contributed by atoms with E-state index >= 15 is 0 Å². The van der Waals surface area contributed by atoms with E-state index in [9.17, 15) is 0 Å². The molecule has 1 saturated heterocycles. The Labute approximate surface area is 82.1 Å². The second kappa shape index (κ2) is 3.10. The van der Waals surface area contributed by atoms with E-state index in [2.05, 4.69) is 10.3 Å². The molecule has 1 aliphatic heterocycles. The van der Waals surface area contributed by atoms with Crippen LogP contribution in [-0.2, 0) is 0 Å². The molecule has 1 atom stereocenters. The van der Waals surface area contributed by atoms with Crippen LogP contribution in [0.4, 0.5) is 0 Å². The number of hydrogen-bond donors (Lipinski definition) is 1. The minimum Gasteiger partial charge on any atom is -0.462 e. The molecule has 1 fully saturated rings. The maximum absolute atomic E-state index is 5.47. The predicted octanol–water partition coefficient (Wildman–Crippen LogP) is 1.90. The molecule has 0 amide bonds. The lowest BCUT2D eigenvalue weighted by atomic mass is 10.0. The Hall–Kier alpha value is -1.35. The Morgan fingerprint density at radius 3 is 3.36 bits per heavy atom. The molecule has 72 valence electrons. The Morgan fingerprint density at radius 1 is 1.50 bits per heavy atom. The van der Waals surface area contributed by atoms with Crippen LogP contribution >= 0.6 is 0 Å². The average Bonchev–Trinajstić information content (AvgIpc) is 2.85. The van der Waals surface area contributed by atoms with Crippen molar-refractivity contribution in [2.24, 2.45) is 0 Å². The van der Waals surface area contributed by atoms with Crippen LogP contribution in [0.5, 0.6) is 0 Å². The van der Waals surface area contributed by atoms with Gasteiger partial charge in [-0.05, 0) is 25.1 Å². The van der Waals surface area contributed by atoms with E-state index in [1.807, 2.05) is 24.6 Å². The first-order valence-electron chi connectivity index (χ1n) is 4.98. The van der Waals surface area contributed by atoms with Gasteiger partial charge in [0.2, 0.25) is 0 Å². The lowest BCUT2D eigenvalue weighted by Gasteiger charge is -2.03. The van der Waals surface area contributed by atoms with Crippen molar-refractivity contribution in [2.75, 3.05) is 13.1 Å². The zero-order chi connectivity index (χ0) is 9.38. The number of nitrogens with one attached hydrogen (secondary N) is 1. The Bertz CT molecular complexity index is 443. The lowest BCUT2D eigenvalue weighted by molar-refractivity contribution is 0.602. The zero-order valence-corrected chi connectivity index (χ0v) is 7.86. The fraction of sp³-hybridized carbons (Fsp3) is 0.364. The highest BCUT2D eigenvalue weighted by atomic mass is 16.3. The fourth-order valence-corrected chi connectivity index (χ4v) is 2.09. The average molecular weight is 188 g/mol. The second-order valence-corrected chi connectivity index (χ2v) is 3.73. The summed E-state index contributed by atoms with van der Waals surface area (Å²) in [6.45, 7) is 2.15. The summed E-state index contributed by atoms with van der Waals surface area (Å²) in [6.07, 6.45) is 4.87. The summed E-state index contributed by atoms with van der Waals surface area (Å²) in [7, 11) is 0. The molecule has 1 aliphatic rings. The van der Waals surface area contributed by atoms with Crippen molar-refractivity contribution >= 4 is 11.1 Å². The monoisotopic (exact) mass is 188 g/mol. The number of fused-ring (bicyclic) bond motifs is 1. The van der Waals surface area contributed by atoms with Gasteiger partial charge in [0.15, 0.2) is 5.58 Å². The van der Waals surface area contributed by atoms with Gasteiger partial charge in [0.25, 0.3) is 0 Å². The van der Waals surface area contributed by atoms with Gasteiger partial charge in [-0.15, -0.1) is 0 Å². The lowest BCUT2D eigenvalue weighted by Crippen LogP contribution is -2.07. The first-order chi connectivity index (χ1) is 6.95. The molecule has 3 heteroatoms. The number of furan rings is 1. The van der Waals surface area contributed by atoms with Gasteiger partial charge in [0.1, 0.15) is 5.52 Å². The molecule has 14 heavy (non-hydrogen) atoms. The van der Waals surface area contributed by atoms with Crippen molar-refractivity contribution < 1.29 is 4.42 Å². The van der Waals surface area contributed by atoms with Crippen LogP contribution in [0, 0.1) is 0 Å². The van der Waals surface area contributed by atoms with E-state index in [-0.39, 0.29) is 0 Å². The first-order valence-corrected chi connectivity index (χ1v) is 4.98. The van der Waals surface area contributed by atoms with Gasteiger partial charge in [-0.2, -0.15) is 0 Å². The van der Waals surface area contributed by atoms with E-state index in [0.29, 0.717) is 5.92 Å². The molecule has 2 aromatic rings. The van der Waals surface area contributed by atoms with Crippen LogP contribution < -0.4 is 5.32 Å². The van der Waals surface area contributed by atoms with Crippen LogP contribution in [-0.4, -0.2) is 18.1 Å². The number of rotatable bonds is 1. The summed E-state index contributed by atoms with van der Waals surface area (Å²) in [6, 6.07) is 3.87. The smallest absolute Gasteiger partial charge is 0.152 e. The van der Waals surface area contributed by atoms with Crippen LogP contribution in [0.1, 0.15) is 17.9 Å². The molecule has 0 saturated carbocycles. The molecule has 3 nitrogen and oxygen atoms in total. The summed E-state index contributed by atoms with van der Waals surface area (Å²) in [5.74, 6) is 0.575. The van der Waals surface area contributed by atoms with Crippen molar-refractivity contribution in [3.8, 4) is 0 Å². The molecule has 0 aliphatic carbocycles. The highest BCUT2D eigenvalue weighted by molar-refractivity contribution is 5.76. The molecule has 0 spiro atoms. The van der Waals surface area contributed by atoms with Crippen LogP contribution in [0.2, 0.25) is 0 Å². The van der Waals surface area contributed by atoms with Crippen molar-refractivity contribution in [1.29, 1.82) is 0 Å². The molecule has 3 heterocycles. The van der Waals surface area contributed by atoms with E-state index in [1.165, 1.54) is 12.0 Å². The summed E-state index contributed by atoms with van der Waals surface area (Å²) in [4.78, 5) is 4.36. The number of pyridine rings is 1. The van der Waals surface area contributed by atoms with Gasteiger partial charge >= 0.3 is 0 Å². The second-order valence-electron chi connectivity index (χ2n) is 3.73. The molecule has 0 bridgehead atoms. The van der Waals surface area contributed by atoms with E-state index in [4.69, 9.17) is 4.42 Å². The Kier molecular flexibility index (Phi) is 1.77. The summed E-state index contributed by atoms with van der Waals surface area (Å²) < 4.78 is 5.47. The Morgan fingerprint density at radius 2 is 2.50 bits per heavy atom. The van der Waals surface area contributed by atoms with Gasteiger partial charge in [0.05, 0.1) is 6.26 Å². The molecular weight excluding hydrogens is 176 g/mol. The van der Waals surface area contributed by atoms with Gasteiger partial charge in [0, 0.05) is 24.2 Å². The van der Waals surface area contributed by atoms with Gasteiger partial charge in [-0.3, -0.25) is 4.98 Å². The first kappa shape index (κ1) is 8.00. The SMILES string of the molecule is c1cnc2c(C3CCNC3)coc2c1. The minimum absolute atomic E-state index is 0.575. The molecule has 1 N–H and O–H groups in total. The number of nitrogens with zero attached hydrogens (tertiary/aromatic N) is 1. The maximum atomic E-state index is 5.47. The molecule has 2 aromatic heterocycles. The normalized spacial score (nSPS) is 21.9. The van der Waals surface area contributed by atoms with Crippen molar-refractivity contribution in [3.05, 3.63) is 30.2 Å². The van der Waals surface area contributed by atoms with Crippen LogP contribution in [0.15, 0.2) is 29.0 Å². The molecule has 0 radical (unpaired) electrons. The van der Waals surface area contributed by atoms with Gasteiger partial charge in [-0.25, -0.2) is 0 Å². The van der Waals surface area contributed by atoms with Crippen LogP contribution in [0.3, 0.4) is 0 Å². The van der Waals surface area contributed by atoms with Gasteiger partial charge < -0.3 is 9.73 Å². The standard InChI is InChI=1S/C11H12N2O/c1-2-10-11(13-4-1)9(7-14-10)8-3-5-12-6-8/h1-2,4,7-8,12H,3,5-6H2. The predicted molar refractivity (Wildman–Crippen MR) is 54.2 cm³/mol. The third-order valence-corrected chi connectivity index (χ3v) is 2.86. The van der Waals surface area contributed by atoms with E-state index in [1.54, 1.807) is 0 Å². The zero-order valence-electron chi connectivity index (χ0n) is 7.86. The maximum Gasteiger partial charge on any atom is 0.152 e. The van der Waals surface area contributed by atoms with Crippen molar-refractivity contribution in [2.45, 2.75) is 12.3 Å². The topological polar surface area (TPSA) is 38.1 Å². The van der Waals surface area contributed by atoms with Crippen LogP contribution in [0.25, 0.3) is 11.1 Å². The van der Waals surface area contributed by atoms with Crippen molar-refractivity contribution in [3.63, 3.8) is 0 Å².